The Morgan fingerprint density at radius 2 is 1.82 bits per heavy atom. The van der Waals surface area contributed by atoms with Crippen molar-refractivity contribution in [3.05, 3.63) is 36.4 Å². The molecule has 3 aliphatic rings. The molecule has 2 saturated carbocycles. The third-order valence-corrected chi connectivity index (χ3v) is 6.58. The summed E-state index contributed by atoms with van der Waals surface area (Å²) in [5.74, 6) is 2.13. The summed E-state index contributed by atoms with van der Waals surface area (Å²) in [5.41, 5.74) is 1.98. The maximum atomic E-state index is 9.94. The van der Waals surface area contributed by atoms with Crippen LogP contribution < -0.4 is 16.0 Å². The lowest BCUT2D eigenvalue weighted by Gasteiger charge is -2.22. The molecular formula is C24H36N8O2. The number of fused-ring (bicyclic) bond motifs is 1. The second kappa shape index (κ2) is 11.3. The zero-order valence-corrected chi connectivity index (χ0v) is 19.9. The van der Waals surface area contributed by atoms with Crippen LogP contribution in [0.15, 0.2) is 30.7 Å². The molecule has 10 nitrogen and oxygen atoms in total. The number of carboxylic acid groups (broad SMARTS) is 1. The molecule has 0 bridgehead atoms. The molecular weight excluding hydrogens is 432 g/mol. The zero-order valence-electron chi connectivity index (χ0n) is 19.9. The molecule has 0 aromatic carbocycles. The van der Waals surface area contributed by atoms with E-state index in [2.05, 4.69) is 31.2 Å². The summed E-state index contributed by atoms with van der Waals surface area (Å²) in [5, 5.41) is 28.5. The maximum absolute atomic E-state index is 9.94. The van der Waals surface area contributed by atoms with Crippen LogP contribution in [0.4, 0.5) is 16.4 Å². The number of aromatic amines is 1. The van der Waals surface area contributed by atoms with Crippen LogP contribution in [-0.4, -0.2) is 54.6 Å². The summed E-state index contributed by atoms with van der Waals surface area (Å²) in [6.45, 7) is 4.00. The number of hydrogen-bond donors (Lipinski definition) is 5. The monoisotopic (exact) mass is 468 g/mol. The summed E-state index contributed by atoms with van der Waals surface area (Å²) in [6, 6.07) is 3.84. The van der Waals surface area contributed by atoms with Crippen molar-refractivity contribution in [1.29, 1.82) is 0 Å². The lowest BCUT2D eigenvalue weighted by Crippen LogP contribution is -2.32. The standard InChI is InChI=1S/C14H17N7.C5H9NO2.C5H10/c1-5-15-6-2-10(1)11-9-21-12(3-8-17-21)14(18-11)19-13-4-7-16-20-13;1-5(2-3-5)6-4(7)8;1-2-4-5-3-1/h3-4,7-10,15H,1-2,5-6H2,(H2,16,18,19,20);6H,2-3H2,1H3,(H,7,8);1-5H2. The van der Waals surface area contributed by atoms with Gasteiger partial charge in [0.25, 0.3) is 0 Å². The molecule has 10 heteroatoms. The SMILES string of the molecule is C1CCCC1.CC1(NC(=O)O)CC1.c1cc(Nc2nc(C3CCNCC3)cn3nccc23)[nH]n1. The van der Waals surface area contributed by atoms with Crippen molar-refractivity contribution in [3.63, 3.8) is 0 Å². The zero-order chi connectivity index (χ0) is 23.8. The lowest BCUT2D eigenvalue weighted by atomic mass is 9.95. The average Bonchev–Trinajstić information content (AvgIpc) is 3.40. The van der Waals surface area contributed by atoms with Gasteiger partial charge in [-0.3, -0.25) is 5.10 Å². The third kappa shape index (κ3) is 6.93. The summed E-state index contributed by atoms with van der Waals surface area (Å²) in [4.78, 5) is 14.8. The van der Waals surface area contributed by atoms with Gasteiger partial charge in [0.1, 0.15) is 11.3 Å². The highest BCUT2D eigenvalue weighted by Crippen LogP contribution is 2.34. The molecule has 4 heterocycles. The first kappa shape index (κ1) is 24.0. The highest BCUT2D eigenvalue weighted by molar-refractivity contribution is 5.71. The summed E-state index contributed by atoms with van der Waals surface area (Å²) >= 11 is 0. The van der Waals surface area contributed by atoms with E-state index in [0.29, 0.717) is 5.92 Å². The van der Waals surface area contributed by atoms with Gasteiger partial charge in [-0.25, -0.2) is 14.3 Å². The van der Waals surface area contributed by atoms with E-state index in [1.807, 2.05) is 29.8 Å². The second-order valence-corrected chi connectivity index (χ2v) is 9.55. The quantitative estimate of drug-likeness (QED) is 0.383. The van der Waals surface area contributed by atoms with E-state index < -0.39 is 6.09 Å². The smallest absolute Gasteiger partial charge is 0.405 e. The van der Waals surface area contributed by atoms with E-state index in [9.17, 15) is 4.79 Å². The van der Waals surface area contributed by atoms with Crippen molar-refractivity contribution in [1.82, 2.24) is 35.4 Å². The van der Waals surface area contributed by atoms with Crippen molar-refractivity contribution in [2.75, 3.05) is 18.4 Å². The first-order chi connectivity index (χ1) is 16.5. The fourth-order valence-electron chi connectivity index (χ4n) is 4.26. The van der Waals surface area contributed by atoms with Crippen molar-refractivity contribution < 1.29 is 9.90 Å². The van der Waals surface area contributed by atoms with Crippen LogP contribution in [0, 0.1) is 0 Å². The van der Waals surface area contributed by atoms with Crippen LogP contribution in [-0.2, 0) is 0 Å². The van der Waals surface area contributed by atoms with Gasteiger partial charge in [-0.15, -0.1) is 0 Å². The van der Waals surface area contributed by atoms with Crippen molar-refractivity contribution in [3.8, 4) is 0 Å². The number of aromatic nitrogens is 5. The van der Waals surface area contributed by atoms with Gasteiger partial charge in [-0.2, -0.15) is 10.2 Å². The Balaban J connectivity index is 0.000000172. The highest BCUT2D eigenvalue weighted by Gasteiger charge is 2.38. The molecule has 6 rings (SSSR count). The van der Waals surface area contributed by atoms with E-state index in [-0.39, 0.29) is 5.54 Å². The molecule has 0 unspecified atom stereocenters. The Bertz CT molecular complexity index is 1030. The average molecular weight is 469 g/mol. The Labute approximate surface area is 199 Å². The number of amides is 1. The van der Waals surface area contributed by atoms with Crippen LogP contribution in [0.1, 0.15) is 76.3 Å². The molecule has 1 amide bonds. The Morgan fingerprint density at radius 3 is 2.38 bits per heavy atom. The van der Waals surface area contributed by atoms with Crippen LogP contribution in [0.3, 0.4) is 0 Å². The van der Waals surface area contributed by atoms with Gasteiger partial charge >= 0.3 is 6.09 Å². The van der Waals surface area contributed by atoms with Gasteiger partial charge in [0, 0.05) is 17.5 Å². The maximum Gasteiger partial charge on any atom is 0.405 e. The molecule has 0 radical (unpaired) electrons. The number of nitrogens with one attached hydrogen (secondary N) is 4. The normalized spacial score (nSPS) is 18.9. The first-order valence-electron chi connectivity index (χ1n) is 12.3. The molecule has 1 saturated heterocycles. The topological polar surface area (TPSA) is 132 Å². The van der Waals surface area contributed by atoms with Gasteiger partial charge in [-0.1, -0.05) is 32.1 Å². The van der Waals surface area contributed by atoms with Crippen LogP contribution in [0.5, 0.6) is 0 Å². The fourth-order valence-corrected chi connectivity index (χ4v) is 4.26. The van der Waals surface area contributed by atoms with Crippen molar-refractivity contribution in [2.45, 2.75) is 76.2 Å². The first-order valence-corrected chi connectivity index (χ1v) is 12.3. The van der Waals surface area contributed by atoms with Gasteiger partial charge in [0.2, 0.25) is 0 Å². The minimum atomic E-state index is -0.912. The number of H-pyrrole nitrogens is 1. The summed E-state index contributed by atoms with van der Waals surface area (Å²) < 4.78 is 1.89. The molecule has 3 aromatic heterocycles. The predicted molar refractivity (Wildman–Crippen MR) is 132 cm³/mol. The minimum absolute atomic E-state index is 0.0775. The molecule has 0 spiro atoms. The molecule has 3 fully saturated rings. The summed E-state index contributed by atoms with van der Waals surface area (Å²) in [6.07, 6.45) is 16.3. The van der Waals surface area contributed by atoms with Gasteiger partial charge < -0.3 is 21.1 Å². The van der Waals surface area contributed by atoms with E-state index >= 15 is 0 Å². The largest absolute Gasteiger partial charge is 0.465 e. The third-order valence-electron chi connectivity index (χ3n) is 6.58. The van der Waals surface area contributed by atoms with Crippen LogP contribution in [0.2, 0.25) is 0 Å². The van der Waals surface area contributed by atoms with Gasteiger partial charge in [-0.05, 0) is 51.8 Å². The predicted octanol–water partition coefficient (Wildman–Crippen LogP) is 4.42. The van der Waals surface area contributed by atoms with E-state index in [4.69, 9.17) is 10.1 Å². The van der Waals surface area contributed by atoms with Crippen molar-refractivity contribution >= 4 is 23.2 Å². The molecule has 34 heavy (non-hydrogen) atoms. The Hall–Kier alpha value is -3.14. The van der Waals surface area contributed by atoms with Crippen LogP contribution >= 0.6 is 0 Å². The molecule has 2 aliphatic carbocycles. The van der Waals surface area contributed by atoms with Gasteiger partial charge in [0.15, 0.2) is 5.82 Å². The number of rotatable bonds is 4. The summed E-state index contributed by atoms with van der Waals surface area (Å²) in [7, 11) is 0. The van der Waals surface area contributed by atoms with Crippen LogP contribution in [0.25, 0.3) is 5.52 Å². The van der Waals surface area contributed by atoms with Gasteiger partial charge in [0.05, 0.1) is 24.3 Å². The fraction of sp³-hybridized carbons (Fsp3) is 0.583. The molecule has 3 aromatic rings. The lowest BCUT2D eigenvalue weighted by molar-refractivity contribution is 0.189. The molecule has 0 atom stereocenters. The number of nitrogens with zero attached hydrogens (tertiary/aromatic N) is 4. The number of anilines is 2. The highest BCUT2D eigenvalue weighted by atomic mass is 16.4. The van der Waals surface area contributed by atoms with E-state index in [1.165, 1.54) is 32.1 Å². The number of hydrogen-bond acceptors (Lipinski definition) is 6. The Morgan fingerprint density at radius 1 is 1.12 bits per heavy atom. The number of piperidine rings is 1. The molecule has 5 N–H and O–H groups in total. The molecule has 1 aliphatic heterocycles. The minimum Gasteiger partial charge on any atom is -0.465 e. The second-order valence-electron chi connectivity index (χ2n) is 9.55. The number of carbonyl (C=O) groups is 1. The van der Waals surface area contributed by atoms with E-state index in [1.54, 1.807) is 12.4 Å². The van der Waals surface area contributed by atoms with E-state index in [0.717, 1.165) is 61.6 Å². The van der Waals surface area contributed by atoms with Crippen molar-refractivity contribution in [2.24, 2.45) is 0 Å². The molecule has 184 valence electrons. The Kier molecular flexibility index (Phi) is 7.99.